The third kappa shape index (κ3) is 5.11. The number of nitrogens with one attached hydrogen (secondary N) is 2. The van der Waals surface area contributed by atoms with E-state index in [1.165, 1.54) is 15.8 Å². The molecule has 3 aromatic rings. The first kappa shape index (κ1) is 21.2. The molecule has 0 aliphatic carbocycles. The number of hydrogen-bond donors (Lipinski definition) is 2. The highest BCUT2D eigenvalue weighted by molar-refractivity contribution is 6.05. The Bertz CT molecular complexity index is 1100. The van der Waals surface area contributed by atoms with Crippen LogP contribution in [0.25, 0.3) is 10.8 Å². The molecule has 3 rings (SSSR count). The van der Waals surface area contributed by atoms with Crippen LogP contribution < -0.4 is 16.4 Å². The van der Waals surface area contributed by atoms with Crippen LogP contribution in [0.15, 0.2) is 53.3 Å². The van der Waals surface area contributed by atoms with Crippen molar-refractivity contribution in [3.63, 3.8) is 0 Å². The molecule has 156 valence electrons. The van der Waals surface area contributed by atoms with E-state index in [2.05, 4.69) is 47.1 Å². The summed E-state index contributed by atoms with van der Waals surface area (Å²) in [5.74, 6) is -0.818. The van der Waals surface area contributed by atoms with Crippen molar-refractivity contribution in [1.82, 2.24) is 20.6 Å². The van der Waals surface area contributed by atoms with E-state index in [0.29, 0.717) is 23.7 Å². The zero-order valence-corrected chi connectivity index (χ0v) is 17.3. The Labute approximate surface area is 175 Å². The van der Waals surface area contributed by atoms with Crippen molar-refractivity contribution in [2.24, 2.45) is 0 Å². The van der Waals surface area contributed by atoms with E-state index in [9.17, 15) is 14.4 Å². The van der Waals surface area contributed by atoms with Crippen molar-refractivity contribution >= 4 is 22.6 Å². The van der Waals surface area contributed by atoms with Crippen molar-refractivity contribution in [2.45, 2.75) is 46.1 Å². The van der Waals surface area contributed by atoms with Gasteiger partial charge in [-0.3, -0.25) is 25.2 Å². The third-order valence-corrected chi connectivity index (χ3v) is 4.94. The van der Waals surface area contributed by atoms with Crippen LogP contribution in [0.4, 0.5) is 0 Å². The zero-order chi connectivity index (χ0) is 21.5. The summed E-state index contributed by atoms with van der Waals surface area (Å²) in [6.07, 6.45) is 2.83. The molecule has 0 saturated heterocycles. The molecule has 0 unspecified atom stereocenters. The molecule has 0 fully saturated rings. The molecule has 0 atom stereocenters. The van der Waals surface area contributed by atoms with Crippen LogP contribution in [0.5, 0.6) is 0 Å². The van der Waals surface area contributed by atoms with Crippen molar-refractivity contribution in [3.8, 4) is 0 Å². The summed E-state index contributed by atoms with van der Waals surface area (Å²) in [5.41, 5.74) is 7.18. The maximum absolute atomic E-state index is 12.6. The normalized spacial score (nSPS) is 10.7. The lowest BCUT2D eigenvalue weighted by molar-refractivity contribution is -0.121. The summed E-state index contributed by atoms with van der Waals surface area (Å²) in [6.45, 7) is 4.18. The predicted octanol–water partition coefficient (Wildman–Crippen LogP) is 2.90. The van der Waals surface area contributed by atoms with E-state index < -0.39 is 5.91 Å². The molecule has 7 heteroatoms. The molecule has 0 aliphatic heterocycles. The molecule has 2 amide bonds. The smallest absolute Gasteiger partial charge is 0.273 e. The van der Waals surface area contributed by atoms with E-state index in [4.69, 9.17) is 0 Å². The fraction of sp³-hybridized carbons (Fsp3) is 0.304. The van der Waals surface area contributed by atoms with E-state index in [1.54, 1.807) is 31.2 Å². The van der Waals surface area contributed by atoms with E-state index >= 15 is 0 Å². The number of carbonyl (C=O) groups excluding carboxylic acids is 2. The van der Waals surface area contributed by atoms with Crippen molar-refractivity contribution < 1.29 is 9.59 Å². The van der Waals surface area contributed by atoms with Gasteiger partial charge in [0, 0.05) is 18.4 Å². The summed E-state index contributed by atoms with van der Waals surface area (Å²) >= 11 is 0. The summed E-state index contributed by atoms with van der Waals surface area (Å²) < 4.78 is 1.24. The number of benzene rings is 2. The highest BCUT2D eigenvalue weighted by atomic mass is 16.2. The summed E-state index contributed by atoms with van der Waals surface area (Å²) in [5, 5.41) is 5.03. The van der Waals surface area contributed by atoms with Gasteiger partial charge in [-0.05, 0) is 44.7 Å². The number of aryl methyl sites for hydroxylation is 3. The van der Waals surface area contributed by atoms with Gasteiger partial charge in [0.2, 0.25) is 5.91 Å². The second-order valence-electron chi connectivity index (χ2n) is 7.21. The quantitative estimate of drug-likeness (QED) is 0.466. The second-order valence-corrected chi connectivity index (χ2v) is 7.21. The number of unbranched alkanes of at least 4 members (excludes halogenated alkanes) is 1. The second kappa shape index (κ2) is 9.82. The fourth-order valence-corrected chi connectivity index (χ4v) is 3.23. The largest absolute Gasteiger partial charge is 0.290 e. The molecule has 2 aromatic carbocycles. The van der Waals surface area contributed by atoms with Gasteiger partial charge in [-0.15, -0.1) is 0 Å². The SMILES string of the molecule is CCn1nc(C(=O)NNC(=O)CCCCc2ccc(C)cc2)c2ccccc2c1=O. The van der Waals surface area contributed by atoms with Gasteiger partial charge < -0.3 is 0 Å². The maximum Gasteiger partial charge on any atom is 0.290 e. The minimum Gasteiger partial charge on any atom is -0.273 e. The number of hydrogen-bond acceptors (Lipinski definition) is 4. The Morgan fingerprint density at radius 1 is 0.967 bits per heavy atom. The predicted molar refractivity (Wildman–Crippen MR) is 116 cm³/mol. The van der Waals surface area contributed by atoms with Crippen LogP contribution in [-0.4, -0.2) is 21.6 Å². The molecule has 1 heterocycles. The monoisotopic (exact) mass is 406 g/mol. The molecule has 0 saturated carbocycles. The standard InChI is InChI=1S/C23H26N4O3/c1-3-27-23(30)19-10-6-5-9-18(19)21(26-27)22(29)25-24-20(28)11-7-4-8-17-14-12-16(2)13-15-17/h5-6,9-10,12-15H,3-4,7-8,11H2,1-2H3,(H,24,28)(H,25,29). The van der Waals surface area contributed by atoms with Crippen LogP contribution in [0.3, 0.4) is 0 Å². The van der Waals surface area contributed by atoms with Crippen LogP contribution in [0.1, 0.15) is 47.8 Å². The molecule has 30 heavy (non-hydrogen) atoms. The van der Waals surface area contributed by atoms with Gasteiger partial charge in [0.15, 0.2) is 5.69 Å². The highest BCUT2D eigenvalue weighted by Gasteiger charge is 2.16. The average molecular weight is 406 g/mol. The van der Waals surface area contributed by atoms with E-state index in [1.807, 2.05) is 0 Å². The molecular formula is C23H26N4O3. The first-order valence-corrected chi connectivity index (χ1v) is 10.1. The minimum atomic E-state index is -0.554. The summed E-state index contributed by atoms with van der Waals surface area (Å²) in [6, 6.07) is 15.2. The molecule has 1 aromatic heterocycles. The molecule has 2 N–H and O–H groups in total. The Morgan fingerprint density at radius 3 is 2.37 bits per heavy atom. The van der Waals surface area contributed by atoms with Gasteiger partial charge in [-0.25, -0.2) is 4.68 Å². The molecule has 0 bridgehead atoms. The van der Waals surface area contributed by atoms with Gasteiger partial charge in [0.25, 0.3) is 11.5 Å². The zero-order valence-electron chi connectivity index (χ0n) is 17.3. The minimum absolute atomic E-state index is 0.103. The van der Waals surface area contributed by atoms with Gasteiger partial charge in [0.1, 0.15) is 0 Å². The Kier molecular flexibility index (Phi) is 6.95. The fourth-order valence-electron chi connectivity index (χ4n) is 3.23. The van der Waals surface area contributed by atoms with Crippen molar-refractivity contribution in [3.05, 3.63) is 75.7 Å². The topological polar surface area (TPSA) is 93.1 Å². The number of rotatable bonds is 7. The number of nitrogens with zero attached hydrogens (tertiary/aromatic N) is 2. The van der Waals surface area contributed by atoms with Crippen molar-refractivity contribution in [1.29, 1.82) is 0 Å². The van der Waals surface area contributed by atoms with Crippen LogP contribution >= 0.6 is 0 Å². The summed E-state index contributed by atoms with van der Waals surface area (Å²) in [4.78, 5) is 37.0. The first-order chi connectivity index (χ1) is 14.5. The van der Waals surface area contributed by atoms with Crippen molar-refractivity contribution in [2.75, 3.05) is 0 Å². The van der Waals surface area contributed by atoms with Gasteiger partial charge in [-0.1, -0.05) is 48.0 Å². The molecular weight excluding hydrogens is 380 g/mol. The lowest BCUT2D eigenvalue weighted by Crippen LogP contribution is -2.42. The van der Waals surface area contributed by atoms with Gasteiger partial charge >= 0.3 is 0 Å². The number of fused-ring (bicyclic) bond motifs is 1. The van der Waals surface area contributed by atoms with Gasteiger partial charge in [-0.2, -0.15) is 5.10 Å². The molecule has 0 aliphatic rings. The Balaban J connectivity index is 1.54. The lowest BCUT2D eigenvalue weighted by Gasteiger charge is -2.11. The Hall–Kier alpha value is -3.48. The lowest BCUT2D eigenvalue weighted by atomic mass is 10.1. The van der Waals surface area contributed by atoms with Gasteiger partial charge in [0.05, 0.1) is 5.39 Å². The maximum atomic E-state index is 12.6. The van der Waals surface area contributed by atoms with Crippen LogP contribution in [0, 0.1) is 6.92 Å². The molecule has 0 radical (unpaired) electrons. The number of amides is 2. The Morgan fingerprint density at radius 2 is 1.67 bits per heavy atom. The number of hydrazine groups is 1. The number of aromatic nitrogens is 2. The van der Waals surface area contributed by atoms with Crippen LogP contribution in [0.2, 0.25) is 0 Å². The number of carbonyl (C=O) groups is 2. The molecule has 0 spiro atoms. The third-order valence-electron chi connectivity index (χ3n) is 4.94. The first-order valence-electron chi connectivity index (χ1n) is 10.1. The van der Waals surface area contributed by atoms with E-state index in [-0.39, 0.29) is 17.2 Å². The molecule has 7 nitrogen and oxygen atoms in total. The highest BCUT2D eigenvalue weighted by Crippen LogP contribution is 2.13. The summed E-state index contributed by atoms with van der Waals surface area (Å²) in [7, 11) is 0. The van der Waals surface area contributed by atoms with E-state index in [0.717, 1.165) is 19.3 Å². The van der Waals surface area contributed by atoms with Crippen LogP contribution in [-0.2, 0) is 17.8 Å². The average Bonchev–Trinajstić information content (AvgIpc) is 2.76.